The van der Waals surface area contributed by atoms with Crippen molar-refractivity contribution in [2.75, 3.05) is 19.6 Å². The van der Waals surface area contributed by atoms with Crippen LogP contribution in [0, 0.1) is 17.2 Å². The van der Waals surface area contributed by atoms with Crippen LogP contribution in [-0.4, -0.2) is 24.5 Å². The van der Waals surface area contributed by atoms with Crippen molar-refractivity contribution >= 4 is 0 Å². The molecule has 1 aliphatic heterocycles. The first kappa shape index (κ1) is 7.56. The first-order chi connectivity index (χ1) is 4.86. The Kier molecular flexibility index (Phi) is 2.70. The average Bonchev–Trinajstić information content (AvgIpc) is 2.37. The monoisotopic (exact) mass is 138 g/mol. The Morgan fingerprint density at radius 2 is 2.50 bits per heavy atom. The summed E-state index contributed by atoms with van der Waals surface area (Å²) in [5.41, 5.74) is 0. The second-order valence-corrected chi connectivity index (χ2v) is 2.91. The maximum atomic E-state index is 8.42. The summed E-state index contributed by atoms with van der Waals surface area (Å²) in [6.07, 6.45) is 1.97. The molecule has 0 radical (unpaired) electrons. The third-order valence-corrected chi connectivity index (χ3v) is 2.20. The Morgan fingerprint density at radius 1 is 1.70 bits per heavy atom. The van der Waals surface area contributed by atoms with E-state index in [1.165, 1.54) is 13.0 Å². The van der Waals surface area contributed by atoms with Crippen molar-refractivity contribution in [1.29, 1.82) is 5.26 Å². The van der Waals surface area contributed by atoms with Crippen LogP contribution >= 0.6 is 0 Å². The van der Waals surface area contributed by atoms with Crippen molar-refractivity contribution in [2.24, 2.45) is 5.92 Å². The third kappa shape index (κ3) is 1.71. The molecule has 1 aliphatic rings. The van der Waals surface area contributed by atoms with Crippen LogP contribution in [0.25, 0.3) is 0 Å². The molecular weight excluding hydrogens is 124 g/mol. The molecule has 0 N–H and O–H groups in total. The summed E-state index contributed by atoms with van der Waals surface area (Å²) in [5, 5.41) is 8.42. The minimum Gasteiger partial charge on any atom is -0.303 e. The van der Waals surface area contributed by atoms with Gasteiger partial charge in [-0.05, 0) is 25.4 Å². The van der Waals surface area contributed by atoms with Gasteiger partial charge in [-0.2, -0.15) is 5.26 Å². The smallest absolute Gasteiger partial charge is 0.0625 e. The maximum Gasteiger partial charge on any atom is 0.0625 e. The molecule has 0 aromatic carbocycles. The summed E-state index contributed by atoms with van der Waals surface area (Å²) in [6.45, 7) is 5.66. The molecule has 2 heteroatoms. The van der Waals surface area contributed by atoms with Gasteiger partial charge in [-0.25, -0.2) is 0 Å². The van der Waals surface area contributed by atoms with Crippen LogP contribution in [0.4, 0.5) is 0 Å². The van der Waals surface area contributed by atoms with E-state index in [1.54, 1.807) is 0 Å². The molecule has 56 valence electrons. The van der Waals surface area contributed by atoms with Crippen molar-refractivity contribution in [3.8, 4) is 6.07 Å². The van der Waals surface area contributed by atoms with Crippen LogP contribution < -0.4 is 0 Å². The zero-order valence-corrected chi connectivity index (χ0v) is 6.51. The zero-order chi connectivity index (χ0) is 7.40. The van der Waals surface area contributed by atoms with Gasteiger partial charge in [-0.1, -0.05) is 6.92 Å². The lowest BCUT2D eigenvalue weighted by Gasteiger charge is -2.10. The molecule has 1 atom stereocenters. The molecule has 1 rings (SSSR count). The van der Waals surface area contributed by atoms with Crippen LogP contribution in [-0.2, 0) is 0 Å². The van der Waals surface area contributed by atoms with Crippen molar-refractivity contribution < 1.29 is 0 Å². The van der Waals surface area contributed by atoms with Crippen molar-refractivity contribution in [1.82, 2.24) is 4.90 Å². The molecule has 0 saturated carbocycles. The topological polar surface area (TPSA) is 27.0 Å². The highest BCUT2D eigenvalue weighted by molar-refractivity contribution is 4.82. The molecule has 0 amide bonds. The largest absolute Gasteiger partial charge is 0.303 e. The Morgan fingerprint density at radius 3 is 3.00 bits per heavy atom. The zero-order valence-electron chi connectivity index (χ0n) is 6.51. The van der Waals surface area contributed by atoms with E-state index in [0.717, 1.165) is 19.5 Å². The SMILES string of the molecule is CCN1CCC(CC#N)C1. The molecule has 2 nitrogen and oxygen atoms in total. The number of hydrogen-bond donors (Lipinski definition) is 0. The minimum atomic E-state index is 0.657. The van der Waals surface area contributed by atoms with Gasteiger partial charge in [0.1, 0.15) is 0 Å². The number of nitriles is 1. The molecule has 0 aromatic rings. The van der Waals surface area contributed by atoms with Crippen LogP contribution in [0.2, 0.25) is 0 Å². The lowest BCUT2D eigenvalue weighted by Crippen LogP contribution is -2.19. The second kappa shape index (κ2) is 3.58. The highest BCUT2D eigenvalue weighted by atomic mass is 15.1. The summed E-state index contributed by atoms with van der Waals surface area (Å²) < 4.78 is 0. The molecule has 1 unspecified atom stereocenters. The van der Waals surface area contributed by atoms with E-state index in [2.05, 4.69) is 17.9 Å². The van der Waals surface area contributed by atoms with Gasteiger partial charge in [-0.15, -0.1) is 0 Å². The minimum absolute atomic E-state index is 0.657. The molecule has 1 heterocycles. The van der Waals surface area contributed by atoms with Gasteiger partial charge >= 0.3 is 0 Å². The first-order valence-corrected chi connectivity index (χ1v) is 3.96. The lowest BCUT2D eigenvalue weighted by atomic mass is 10.1. The van der Waals surface area contributed by atoms with E-state index in [1.807, 2.05) is 0 Å². The van der Waals surface area contributed by atoms with Crippen LogP contribution in [0.3, 0.4) is 0 Å². The Hall–Kier alpha value is -0.550. The van der Waals surface area contributed by atoms with Crippen LogP contribution in [0.5, 0.6) is 0 Å². The van der Waals surface area contributed by atoms with E-state index < -0.39 is 0 Å². The van der Waals surface area contributed by atoms with E-state index >= 15 is 0 Å². The molecule has 0 spiro atoms. The molecule has 1 saturated heterocycles. The van der Waals surface area contributed by atoms with E-state index in [4.69, 9.17) is 5.26 Å². The van der Waals surface area contributed by atoms with Gasteiger partial charge in [0.2, 0.25) is 0 Å². The van der Waals surface area contributed by atoms with Gasteiger partial charge < -0.3 is 4.90 Å². The van der Waals surface area contributed by atoms with Crippen molar-refractivity contribution in [2.45, 2.75) is 19.8 Å². The Bertz CT molecular complexity index is 137. The molecule has 0 aromatic heterocycles. The first-order valence-electron chi connectivity index (χ1n) is 3.96. The maximum absolute atomic E-state index is 8.42. The number of hydrogen-bond acceptors (Lipinski definition) is 2. The van der Waals surface area contributed by atoms with E-state index in [9.17, 15) is 0 Å². The standard InChI is InChI=1S/C8H14N2/c1-2-10-6-4-8(7-10)3-5-9/h8H,2-4,6-7H2,1H3. The van der Waals surface area contributed by atoms with Crippen LogP contribution in [0.15, 0.2) is 0 Å². The summed E-state index contributed by atoms with van der Waals surface area (Å²) in [5.74, 6) is 0.657. The predicted octanol–water partition coefficient (Wildman–Crippen LogP) is 1.24. The molecule has 1 fully saturated rings. The van der Waals surface area contributed by atoms with Crippen LogP contribution in [0.1, 0.15) is 19.8 Å². The van der Waals surface area contributed by atoms with Gasteiger partial charge in [0, 0.05) is 13.0 Å². The summed E-state index contributed by atoms with van der Waals surface area (Å²) in [7, 11) is 0. The molecular formula is C8H14N2. The van der Waals surface area contributed by atoms with Gasteiger partial charge in [0.15, 0.2) is 0 Å². The Balaban J connectivity index is 2.23. The number of likely N-dealkylation sites (tertiary alicyclic amines) is 1. The van der Waals surface area contributed by atoms with Crippen molar-refractivity contribution in [3.63, 3.8) is 0 Å². The summed E-state index contributed by atoms with van der Waals surface area (Å²) in [6, 6.07) is 2.23. The fourth-order valence-corrected chi connectivity index (χ4v) is 1.50. The second-order valence-electron chi connectivity index (χ2n) is 2.91. The summed E-state index contributed by atoms with van der Waals surface area (Å²) >= 11 is 0. The van der Waals surface area contributed by atoms with Gasteiger partial charge in [-0.3, -0.25) is 0 Å². The quantitative estimate of drug-likeness (QED) is 0.574. The Labute approximate surface area is 62.4 Å². The fourth-order valence-electron chi connectivity index (χ4n) is 1.50. The highest BCUT2D eigenvalue weighted by Gasteiger charge is 2.19. The van der Waals surface area contributed by atoms with Gasteiger partial charge in [0.05, 0.1) is 6.07 Å². The molecule has 0 aliphatic carbocycles. The van der Waals surface area contributed by atoms with Crippen molar-refractivity contribution in [3.05, 3.63) is 0 Å². The number of rotatable bonds is 2. The third-order valence-electron chi connectivity index (χ3n) is 2.20. The molecule has 0 bridgehead atoms. The predicted molar refractivity (Wildman–Crippen MR) is 40.5 cm³/mol. The van der Waals surface area contributed by atoms with Gasteiger partial charge in [0.25, 0.3) is 0 Å². The normalized spacial score (nSPS) is 26.6. The fraction of sp³-hybridized carbons (Fsp3) is 0.875. The summed E-state index contributed by atoms with van der Waals surface area (Å²) in [4.78, 5) is 2.40. The highest BCUT2D eigenvalue weighted by Crippen LogP contribution is 2.17. The lowest BCUT2D eigenvalue weighted by molar-refractivity contribution is 0.343. The molecule has 10 heavy (non-hydrogen) atoms. The average molecular weight is 138 g/mol. The number of nitrogens with zero attached hydrogens (tertiary/aromatic N) is 2. The van der Waals surface area contributed by atoms with E-state index in [-0.39, 0.29) is 0 Å². The van der Waals surface area contributed by atoms with E-state index in [0.29, 0.717) is 5.92 Å².